The molecule has 134 valence electrons. The van der Waals surface area contributed by atoms with Crippen LogP contribution in [0.15, 0.2) is 54.9 Å². The van der Waals surface area contributed by atoms with Gasteiger partial charge in [0.05, 0.1) is 11.6 Å². The van der Waals surface area contributed by atoms with Crippen LogP contribution in [0.3, 0.4) is 0 Å². The zero-order valence-corrected chi connectivity index (χ0v) is 15.7. The van der Waals surface area contributed by atoms with E-state index >= 15 is 0 Å². The summed E-state index contributed by atoms with van der Waals surface area (Å²) in [4.78, 5) is 4.45. The van der Waals surface area contributed by atoms with Crippen LogP contribution in [0.2, 0.25) is 0 Å². The second kappa shape index (κ2) is 6.64. The highest BCUT2D eigenvalue weighted by molar-refractivity contribution is 5.69. The Hall–Kier alpha value is -2.96. The Morgan fingerprint density at radius 3 is 2.52 bits per heavy atom. The fourth-order valence-corrected chi connectivity index (χ4v) is 4.04. The number of aliphatic hydroxyl groups is 1. The number of nitrogens with zero attached hydrogens (tertiary/aromatic N) is 2. The molecule has 0 aliphatic heterocycles. The predicted molar refractivity (Wildman–Crippen MR) is 106 cm³/mol. The minimum atomic E-state index is -1.01. The van der Waals surface area contributed by atoms with E-state index in [1.165, 1.54) is 11.1 Å². The summed E-state index contributed by atoms with van der Waals surface area (Å²) in [5.74, 6) is 0. The summed E-state index contributed by atoms with van der Waals surface area (Å²) in [6, 6.07) is 15.9. The molecule has 1 aliphatic rings. The Morgan fingerprint density at radius 1 is 1.04 bits per heavy atom. The lowest BCUT2D eigenvalue weighted by molar-refractivity contribution is 0.0612. The first kappa shape index (κ1) is 17.5. The molecule has 0 saturated heterocycles. The van der Waals surface area contributed by atoms with Gasteiger partial charge in [0, 0.05) is 23.5 Å². The number of hydrogen-bond acceptors (Lipinski definition) is 3. The topological polar surface area (TPSA) is 56.9 Å². The van der Waals surface area contributed by atoms with Gasteiger partial charge >= 0.3 is 0 Å². The maximum absolute atomic E-state index is 11.7. The van der Waals surface area contributed by atoms with Gasteiger partial charge in [-0.3, -0.25) is 4.98 Å². The number of fused-ring (bicyclic) bond motifs is 1. The standard InChI is InChI=1S/C24H22N2O/c1-16-5-10-20(12-17(16)2)24(27)11-3-4-21-22(14-26-15-23(21)24)19-8-6-18(13-25)7-9-19/h5-10,12,14-15,27H,3-4,11H2,1-2H3. The normalized spacial score (nSPS) is 18.6. The lowest BCUT2D eigenvalue weighted by atomic mass is 9.74. The Kier molecular flexibility index (Phi) is 4.30. The van der Waals surface area contributed by atoms with E-state index in [0.29, 0.717) is 12.0 Å². The molecule has 1 heterocycles. The van der Waals surface area contributed by atoms with Crippen LogP contribution in [0.4, 0.5) is 0 Å². The van der Waals surface area contributed by atoms with Crippen molar-refractivity contribution in [3.63, 3.8) is 0 Å². The van der Waals surface area contributed by atoms with Crippen LogP contribution in [-0.4, -0.2) is 10.1 Å². The minimum Gasteiger partial charge on any atom is -0.380 e. The van der Waals surface area contributed by atoms with E-state index < -0.39 is 5.60 Å². The highest BCUT2D eigenvalue weighted by Crippen LogP contribution is 2.43. The van der Waals surface area contributed by atoms with Crippen molar-refractivity contribution in [2.75, 3.05) is 0 Å². The number of aromatic nitrogens is 1. The minimum absolute atomic E-state index is 0.642. The average Bonchev–Trinajstić information content (AvgIpc) is 2.70. The van der Waals surface area contributed by atoms with Crippen LogP contribution >= 0.6 is 0 Å². The maximum atomic E-state index is 11.7. The summed E-state index contributed by atoms with van der Waals surface area (Å²) in [5, 5.41) is 20.7. The number of rotatable bonds is 2. The fourth-order valence-electron chi connectivity index (χ4n) is 4.04. The molecule has 0 saturated carbocycles. The third-order valence-corrected chi connectivity index (χ3v) is 5.78. The monoisotopic (exact) mass is 354 g/mol. The molecule has 0 spiro atoms. The van der Waals surface area contributed by atoms with E-state index in [1.54, 1.807) is 0 Å². The van der Waals surface area contributed by atoms with Crippen molar-refractivity contribution in [1.29, 1.82) is 5.26 Å². The molecule has 0 fully saturated rings. The van der Waals surface area contributed by atoms with Gasteiger partial charge in [-0.2, -0.15) is 5.26 Å². The van der Waals surface area contributed by atoms with Crippen LogP contribution in [0.1, 0.15) is 46.2 Å². The van der Waals surface area contributed by atoms with Gasteiger partial charge in [0.2, 0.25) is 0 Å². The summed E-state index contributed by atoms with van der Waals surface area (Å²) in [7, 11) is 0. The quantitative estimate of drug-likeness (QED) is 0.718. The molecule has 1 N–H and O–H groups in total. The van der Waals surface area contributed by atoms with Crippen molar-refractivity contribution in [2.45, 2.75) is 38.7 Å². The highest BCUT2D eigenvalue weighted by Gasteiger charge is 2.37. The van der Waals surface area contributed by atoms with Crippen molar-refractivity contribution in [2.24, 2.45) is 0 Å². The van der Waals surface area contributed by atoms with E-state index in [1.807, 2.05) is 42.7 Å². The molecule has 0 radical (unpaired) electrons. The summed E-state index contributed by atoms with van der Waals surface area (Å²) in [6.45, 7) is 4.17. The molecule has 27 heavy (non-hydrogen) atoms. The smallest absolute Gasteiger partial charge is 0.116 e. The van der Waals surface area contributed by atoms with Gasteiger partial charge in [-0.15, -0.1) is 0 Å². The van der Waals surface area contributed by atoms with Crippen molar-refractivity contribution < 1.29 is 5.11 Å². The zero-order valence-electron chi connectivity index (χ0n) is 15.7. The summed E-state index contributed by atoms with van der Waals surface area (Å²) < 4.78 is 0. The number of benzene rings is 2. The van der Waals surface area contributed by atoms with Gasteiger partial charge in [-0.25, -0.2) is 0 Å². The molecule has 3 nitrogen and oxygen atoms in total. The molecule has 3 aromatic rings. The highest BCUT2D eigenvalue weighted by atomic mass is 16.3. The van der Waals surface area contributed by atoms with E-state index in [0.717, 1.165) is 40.7 Å². The molecule has 0 amide bonds. The predicted octanol–water partition coefficient (Wildman–Crippen LogP) is 4.81. The summed E-state index contributed by atoms with van der Waals surface area (Å²) >= 11 is 0. The van der Waals surface area contributed by atoms with Gasteiger partial charge in [-0.1, -0.05) is 30.3 Å². The van der Waals surface area contributed by atoms with Gasteiger partial charge in [0.1, 0.15) is 5.60 Å². The first-order valence-electron chi connectivity index (χ1n) is 9.31. The maximum Gasteiger partial charge on any atom is 0.116 e. The van der Waals surface area contributed by atoms with E-state index in [2.05, 4.69) is 37.0 Å². The summed E-state index contributed by atoms with van der Waals surface area (Å²) in [6.07, 6.45) is 6.22. The molecule has 1 aliphatic carbocycles. The van der Waals surface area contributed by atoms with Crippen LogP contribution in [0.5, 0.6) is 0 Å². The van der Waals surface area contributed by atoms with E-state index in [9.17, 15) is 5.11 Å². The van der Waals surface area contributed by atoms with Crippen LogP contribution in [0.25, 0.3) is 11.1 Å². The molecule has 4 rings (SSSR count). The third-order valence-electron chi connectivity index (χ3n) is 5.78. The van der Waals surface area contributed by atoms with Gasteiger partial charge in [0.15, 0.2) is 0 Å². The van der Waals surface area contributed by atoms with Crippen LogP contribution in [-0.2, 0) is 12.0 Å². The van der Waals surface area contributed by atoms with Crippen molar-refractivity contribution >= 4 is 0 Å². The van der Waals surface area contributed by atoms with E-state index in [-0.39, 0.29) is 0 Å². The van der Waals surface area contributed by atoms with Gasteiger partial charge < -0.3 is 5.11 Å². The molecule has 0 bridgehead atoms. The molecule has 2 aromatic carbocycles. The SMILES string of the molecule is Cc1ccc(C2(O)CCCc3c(-c4ccc(C#N)cc4)cncc32)cc1C. The van der Waals surface area contributed by atoms with Crippen LogP contribution < -0.4 is 0 Å². The Bertz CT molecular complexity index is 1050. The Balaban J connectivity index is 1.86. The molecule has 1 atom stereocenters. The average molecular weight is 354 g/mol. The zero-order chi connectivity index (χ0) is 19.0. The number of aryl methyl sites for hydroxylation is 2. The first-order valence-corrected chi connectivity index (χ1v) is 9.31. The second-order valence-corrected chi connectivity index (χ2v) is 7.42. The van der Waals surface area contributed by atoms with Crippen LogP contribution in [0, 0.1) is 25.2 Å². The summed E-state index contributed by atoms with van der Waals surface area (Å²) in [5.41, 5.74) is 7.10. The van der Waals surface area contributed by atoms with Gasteiger partial charge in [0.25, 0.3) is 0 Å². The lowest BCUT2D eigenvalue weighted by Gasteiger charge is -2.36. The molecule has 3 heteroatoms. The van der Waals surface area contributed by atoms with Crippen molar-refractivity contribution in [1.82, 2.24) is 4.98 Å². The number of hydrogen-bond donors (Lipinski definition) is 1. The third kappa shape index (κ3) is 2.93. The molecular weight excluding hydrogens is 332 g/mol. The van der Waals surface area contributed by atoms with Gasteiger partial charge in [-0.05, 0) is 73.1 Å². The second-order valence-electron chi connectivity index (χ2n) is 7.42. The molecular formula is C24H22N2O. The molecule has 1 aromatic heterocycles. The lowest BCUT2D eigenvalue weighted by Crippen LogP contribution is -2.32. The largest absolute Gasteiger partial charge is 0.380 e. The Morgan fingerprint density at radius 2 is 1.81 bits per heavy atom. The number of nitriles is 1. The first-order chi connectivity index (χ1) is 13.0. The van der Waals surface area contributed by atoms with Crippen molar-refractivity contribution in [3.05, 3.63) is 88.2 Å². The molecule has 1 unspecified atom stereocenters. The number of pyridine rings is 1. The van der Waals surface area contributed by atoms with Crippen molar-refractivity contribution in [3.8, 4) is 17.2 Å². The fraction of sp³-hybridized carbons (Fsp3) is 0.250. The Labute approximate surface area is 160 Å². The van der Waals surface area contributed by atoms with E-state index in [4.69, 9.17) is 5.26 Å².